The molecule has 1 aromatic carbocycles. The summed E-state index contributed by atoms with van der Waals surface area (Å²) in [6, 6.07) is 6.54. The Labute approximate surface area is 104 Å². The summed E-state index contributed by atoms with van der Waals surface area (Å²) in [5.41, 5.74) is 0.975. The van der Waals surface area contributed by atoms with Crippen LogP contribution in [0.15, 0.2) is 28.8 Å². The fraction of sp³-hybridized carbons (Fsp3) is 0.385. The van der Waals surface area contributed by atoms with Crippen LogP contribution in [-0.2, 0) is 6.42 Å². The van der Waals surface area contributed by atoms with Crippen LogP contribution >= 0.6 is 0 Å². The van der Waals surface area contributed by atoms with Gasteiger partial charge in [-0.25, -0.2) is 4.39 Å². The second-order valence-corrected chi connectivity index (χ2v) is 4.50. The van der Waals surface area contributed by atoms with E-state index in [-0.39, 0.29) is 11.9 Å². The average Bonchev–Trinajstić information content (AvgIpc) is 3.02. The lowest BCUT2D eigenvalue weighted by Crippen LogP contribution is -2.13. The van der Waals surface area contributed by atoms with Crippen LogP contribution < -0.4 is 5.32 Å². The van der Waals surface area contributed by atoms with Gasteiger partial charge in [0.2, 0.25) is 5.89 Å². The minimum absolute atomic E-state index is 0.194. The SMILES string of the molecule is Fc1ccc(Cc2noc(C3CCCN3)n2)cc1. The molecule has 2 aromatic rings. The topological polar surface area (TPSA) is 51.0 Å². The Morgan fingerprint density at radius 1 is 1.33 bits per heavy atom. The molecule has 1 aliphatic rings. The van der Waals surface area contributed by atoms with Crippen molar-refractivity contribution < 1.29 is 8.91 Å². The first kappa shape index (κ1) is 11.3. The van der Waals surface area contributed by atoms with Gasteiger partial charge >= 0.3 is 0 Å². The summed E-state index contributed by atoms with van der Waals surface area (Å²) in [5, 5.41) is 7.27. The van der Waals surface area contributed by atoms with Gasteiger partial charge in [0.1, 0.15) is 5.82 Å². The van der Waals surface area contributed by atoms with Crippen molar-refractivity contribution in [3.63, 3.8) is 0 Å². The van der Waals surface area contributed by atoms with Crippen molar-refractivity contribution in [3.05, 3.63) is 47.4 Å². The van der Waals surface area contributed by atoms with Crippen LogP contribution in [0.1, 0.15) is 36.2 Å². The van der Waals surface area contributed by atoms with Gasteiger partial charge in [0, 0.05) is 6.42 Å². The molecule has 0 bridgehead atoms. The van der Waals surface area contributed by atoms with Gasteiger partial charge in [0.05, 0.1) is 6.04 Å². The minimum atomic E-state index is -0.234. The molecule has 0 saturated carbocycles. The average molecular weight is 247 g/mol. The fourth-order valence-electron chi connectivity index (χ4n) is 2.16. The van der Waals surface area contributed by atoms with Crippen LogP contribution in [-0.4, -0.2) is 16.7 Å². The molecule has 1 unspecified atom stereocenters. The van der Waals surface area contributed by atoms with Crippen LogP contribution in [0.5, 0.6) is 0 Å². The molecule has 1 saturated heterocycles. The third-order valence-corrected chi connectivity index (χ3v) is 3.12. The van der Waals surface area contributed by atoms with Crippen LogP contribution in [0.3, 0.4) is 0 Å². The zero-order valence-electron chi connectivity index (χ0n) is 9.90. The molecule has 0 spiro atoms. The molecule has 3 rings (SSSR count). The van der Waals surface area contributed by atoms with Crippen molar-refractivity contribution >= 4 is 0 Å². The highest BCUT2D eigenvalue weighted by atomic mass is 19.1. The summed E-state index contributed by atoms with van der Waals surface area (Å²) in [4.78, 5) is 4.38. The number of benzene rings is 1. The summed E-state index contributed by atoms with van der Waals surface area (Å²) in [5.74, 6) is 1.07. The molecule has 94 valence electrons. The third kappa shape index (κ3) is 2.41. The van der Waals surface area contributed by atoms with Crippen LogP contribution in [0.4, 0.5) is 4.39 Å². The Hall–Kier alpha value is -1.75. The minimum Gasteiger partial charge on any atom is -0.338 e. The van der Waals surface area contributed by atoms with Gasteiger partial charge < -0.3 is 9.84 Å². The normalized spacial score (nSPS) is 19.3. The van der Waals surface area contributed by atoms with Crippen molar-refractivity contribution in [2.75, 3.05) is 6.54 Å². The summed E-state index contributed by atoms with van der Waals surface area (Å²) >= 11 is 0. The van der Waals surface area contributed by atoms with Gasteiger partial charge in [-0.3, -0.25) is 0 Å². The molecule has 0 radical (unpaired) electrons. The zero-order chi connectivity index (χ0) is 12.4. The monoisotopic (exact) mass is 247 g/mol. The maximum Gasteiger partial charge on any atom is 0.243 e. The number of nitrogens with zero attached hydrogens (tertiary/aromatic N) is 2. The van der Waals surface area contributed by atoms with E-state index in [0.29, 0.717) is 18.1 Å². The largest absolute Gasteiger partial charge is 0.338 e. The summed E-state index contributed by atoms with van der Waals surface area (Å²) < 4.78 is 18.0. The van der Waals surface area contributed by atoms with Crippen molar-refractivity contribution in [1.29, 1.82) is 0 Å². The van der Waals surface area contributed by atoms with Gasteiger partial charge in [0.25, 0.3) is 0 Å². The molecule has 4 nitrogen and oxygen atoms in total. The van der Waals surface area contributed by atoms with Crippen molar-refractivity contribution in [2.45, 2.75) is 25.3 Å². The van der Waals surface area contributed by atoms with E-state index < -0.39 is 0 Å². The first-order valence-electron chi connectivity index (χ1n) is 6.11. The molecular formula is C13H14FN3O. The van der Waals surface area contributed by atoms with E-state index in [1.807, 2.05) is 0 Å². The first-order valence-corrected chi connectivity index (χ1v) is 6.11. The fourth-order valence-corrected chi connectivity index (χ4v) is 2.16. The Bertz CT molecular complexity index is 517. The summed E-state index contributed by atoms with van der Waals surface area (Å²) in [7, 11) is 0. The summed E-state index contributed by atoms with van der Waals surface area (Å²) in [6.45, 7) is 1.00. The summed E-state index contributed by atoms with van der Waals surface area (Å²) in [6.07, 6.45) is 2.75. The Morgan fingerprint density at radius 2 is 2.17 bits per heavy atom. The molecule has 0 amide bonds. The van der Waals surface area contributed by atoms with E-state index in [1.165, 1.54) is 12.1 Å². The van der Waals surface area contributed by atoms with Crippen LogP contribution in [0.2, 0.25) is 0 Å². The van der Waals surface area contributed by atoms with Crippen molar-refractivity contribution in [3.8, 4) is 0 Å². The second-order valence-electron chi connectivity index (χ2n) is 4.50. The van der Waals surface area contributed by atoms with Gasteiger partial charge in [-0.15, -0.1) is 0 Å². The lowest BCUT2D eigenvalue weighted by atomic mass is 10.1. The number of hydrogen-bond donors (Lipinski definition) is 1. The Balaban J connectivity index is 1.71. The molecular weight excluding hydrogens is 233 g/mol. The third-order valence-electron chi connectivity index (χ3n) is 3.12. The van der Waals surface area contributed by atoms with E-state index in [4.69, 9.17) is 4.52 Å². The molecule has 2 heterocycles. The number of aromatic nitrogens is 2. The van der Waals surface area contributed by atoms with E-state index in [0.717, 1.165) is 24.9 Å². The van der Waals surface area contributed by atoms with Crippen molar-refractivity contribution in [2.24, 2.45) is 0 Å². The zero-order valence-corrected chi connectivity index (χ0v) is 9.90. The van der Waals surface area contributed by atoms with E-state index in [2.05, 4.69) is 15.5 Å². The van der Waals surface area contributed by atoms with Crippen LogP contribution in [0, 0.1) is 5.82 Å². The molecule has 5 heteroatoms. The highest BCUT2D eigenvalue weighted by molar-refractivity contribution is 5.19. The van der Waals surface area contributed by atoms with Gasteiger partial charge in [-0.2, -0.15) is 4.98 Å². The van der Waals surface area contributed by atoms with Crippen molar-refractivity contribution in [1.82, 2.24) is 15.5 Å². The first-order chi connectivity index (χ1) is 8.81. The molecule has 0 aliphatic carbocycles. The molecule has 1 aromatic heterocycles. The van der Waals surface area contributed by atoms with E-state index in [1.54, 1.807) is 12.1 Å². The van der Waals surface area contributed by atoms with Gasteiger partial charge in [-0.1, -0.05) is 17.3 Å². The molecule has 1 fully saturated rings. The smallest absolute Gasteiger partial charge is 0.243 e. The van der Waals surface area contributed by atoms with E-state index in [9.17, 15) is 4.39 Å². The quantitative estimate of drug-likeness (QED) is 0.903. The number of hydrogen-bond acceptors (Lipinski definition) is 4. The lowest BCUT2D eigenvalue weighted by molar-refractivity contribution is 0.341. The van der Waals surface area contributed by atoms with Crippen LogP contribution in [0.25, 0.3) is 0 Å². The van der Waals surface area contributed by atoms with Gasteiger partial charge in [-0.05, 0) is 37.1 Å². The predicted octanol–water partition coefficient (Wildman–Crippen LogP) is 2.22. The standard InChI is InChI=1S/C13H14FN3O/c14-10-5-3-9(4-6-10)8-12-16-13(18-17-12)11-2-1-7-15-11/h3-6,11,15H,1-2,7-8H2. The number of nitrogens with one attached hydrogen (secondary N) is 1. The highest BCUT2D eigenvalue weighted by Crippen LogP contribution is 2.21. The molecule has 18 heavy (non-hydrogen) atoms. The number of rotatable bonds is 3. The highest BCUT2D eigenvalue weighted by Gasteiger charge is 2.22. The maximum atomic E-state index is 12.8. The van der Waals surface area contributed by atoms with Gasteiger partial charge in [0.15, 0.2) is 5.82 Å². The predicted molar refractivity (Wildman–Crippen MR) is 63.5 cm³/mol. The molecule has 1 aliphatic heterocycles. The number of halogens is 1. The molecule has 1 N–H and O–H groups in total. The molecule has 1 atom stereocenters. The van der Waals surface area contributed by atoms with E-state index >= 15 is 0 Å². The lowest BCUT2D eigenvalue weighted by Gasteiger charge is -2.01. The Kier molecular flexibility index (Phi) is 3.06. The Morgan fingerprint density at radius 3 is 2.89 bits per heavy atom. The second kappa shape index (κ2) is 4.86. The maximum absolute atomic E-state index is 12.8.